The Balaban J connectivity index is 1.08. The molecule has 4 aliphatic rings. The number of anilines is 1. The lowest BCUT2D eigenvalue weighted by Crippen LogP contribution is -2.59. The van der Waals surface area contributed by atoms with E-state index in [0.29, 0.717) is 24.4 Å². The Bertz CT molecular complexity index is 990. The second-order valence-corrected chi connectivity index (χ2v) is 10.1. The summed E-state index contributed by atoms with van der Waals surface area (Å²) < 4.78 is 38.3. The van der Waals surface area contributed by atoms with Crippen LogP contribution in [0, 0.1) is 11.8 Å². The highest BCUT2D eigenvalue weighted by atomic mass is 19.4. The topological polar surface area (TPSA) is 38.8 Å². The summed E-state index contributed by atoms with van der Waals surface area (Å²) in [7, 11) is 0. The molecule has 5 nitrogen and oxygen atoms in total. The summed E-state index contributed by atoms with van der Waals surface area (Å²) in [6.45, 7) is 8.09. The second-order valence-electron chi connectivity index (χ2n) is 10.1. The highest BCUT2D eigenvalue weighted by molar-refractivity contribution is 5.94. The maximum Gasteiger partial charge on any atom is 0.416 e. The van der Waals surface area contributed by atoms with Crippen molar-refractivity contribution in [1.82, 2.24) is 15.1 Å². The van der Waals surface area contributed by atoms with Crippen molar-refractivity contribution in [2.75, 3.05) is 57.3 Å². The van der Waals surface area contributed by atoms with Crippen molar-refractivity contribution >= 4 is 11.6 Å². The summed E-state index contributed by atoms with van der Waals surface area (Å²) in [4.78, 5) is 20.1. The number of piperazine rings is 1. The van der Waals surface area contributed by atoms with Crippen molar-refractivity contribution in [2.24, 2.45) is 11.8 Å². The van der Waals surface area contributed by atoms with Crippen LogP contribution < -0.4 is 10.2 Å². The van der Waals surface area contributed by atoms with E-state index >= 15 is 0 Å². The average molecular weight is 487 g/mol. The highest BCUT2D eigenvalue weighted by Gasteiger charge is 2.40. The molecule has 2 aromatic carbocycles. The Labute approximate surface area is 204 Å². The van der Waals surface area contributed by atoms with Gasteiger partial charge in [-0.3, -0.25) is 14.6 Å². The minimum Gasteiger partial charge on any atom is -0.369 e. The Morgan fingerprint density at radius 2 is 1.66 bits per heavy atom. The summed E-state index contributed by atoms with van der Waals surface area (Å²) in [5.41, 5.74) is 0.829. The Kier molecular flexibility index (Phi) is 7.02. The van der Waals surface area contributed by atoms with Crippen LogP contribution in [0.4, 0.5) is 18.9 Å². The van der Waals surface area contributed by atoms with Crippen LogP contribution in [0.15, 0.2) is 54.6 Å². The van der Waals surface area contributed by atoms with Crippen LogP contribution in [-0.2, 0) is 6.18 Å². The van der Waals surface area contributed by atoms with E-state index in [9.17, 15) is 18.0 Å². The maximum absolute atomic E-state index is 12.8. The summed E-state index contributed by atoms with van der Waals surface area (Å²) >= 11 is 0. The number of rotatable bonds is 6. The number of hydrogen-bond donors (Lipinski definition) is 1. The molecule has 1 N–H and O–H groups in total. The SMILES string of the molecule is O=C(NCC1CC2CCN1CC2CN1CCN(c2ccccc2)CC1)c1ccc(C(F)(F)F)cc1. The Morgan fingerprint density at radius 3 is 2.29 bits per heavy atom. The summed E-state index contributed by atoms with van der Waals surface area (Å²) in [6.07, 6.45) is -2.12. The fourth-order valence-electron chi connectivity index (χ4n) is 5.95. The lowest BCUT2D eigenvalue weighted by molar-refractivity contribution is -0.137. The fourth-order valence-corrected chi connectivity index (χ4v) is 5.95. The highest BCUT2D eigenvalue weighted by Crippen LogP contribution is 2.37. The van der Waals surface area contributed by atoms with E-state index in [1.54, 1.807) is 0 Å². The molecule has 4 heterocycles. The van der Waals surface area contributed by atoms with E-state index in [4.69, 9.17) is 0 Å². The first-order chi connectivity index (χ1) is 16.9. The number of halogens is 3. The molecule has 4 unspecified atom stereocenters. The molecule has 188 valence electrons. The predicted molar refractivity (Wildman–Crippen MR) is 130 cm³/mol. The molecule has 0 aromatic heterocycles. The van der Waals surface area contributed by atoms with Crippen molar-refractivity contribution in [3.8, 4) is 0 Å². The van der Waals surface area contributed by atoms with Crippen LogP contribution in [0.5, 0.6) is 0 Å². The quantitative estimate of drug-likeness (QED) is 0.671. The second kappa shape index (κ2) is 10.2. The monoisotopic (exact) mass is 486 g/mol. The molecule has 35 heavy (non-hydrogen) atoms. The lowest BCUT2D eigenvalue weighted by Gasteiger charge is -2.51. The number of piperidine rings is 3. The van der Waals surface area contributed by atoms with E-state index in [2.05, 4.69) is 50.3 Å². The standard InChI is InChI=1S/C27H33F3N4O/c28-27(29,30)23-8-6-20(7-9-23)26(35)31-17-25-16-21-10-11-34(25)19-22(21)18-32-12-14-33(15-13-32)24-4-2-1-3-5-24/h1-9,21-22,25H,10-19H2,(H,31,35). The minimum atomic E-state index is -4.39. The zero-order valence-corrected chi connectivity index (χ0v) is 19.9. The van der Waals surface area contributed by atoms with Crippen molar-refractivity contribution < 1.29 is 18.0 Å². The van der Waals surface area contributed by atoms with E-state index < -0.39 is 11.7 Å². The number of nitrogens with zero attached hydrogens (tertiary/aromatic N) is 3. The molecule has 2 aromatic rings. The van der Waals surface area contributed by atoms with Gasteiger partial charge in [-0.25, -0.2) is 0 Å². The van der Waals surface area contributed by atoms with Gasteiger partial charge in [0.25, 0.3) is 5.91 Å². The van der Waals surface area contributed by atoms with Crippen LogP contribution in [-0.4, -0.2) is 74.1 Å². The van der Waals surface area contributed by atoms with Gasteiger partial charge in [0.1, 0.15) is 0 Å². The summed E-state index contributed by atoms with van der Waals surface area (Å²) in [5.74, 6) is 1.02. The van der Waals surface area contributed by atoms with Gasteiger partial charge in [-0.2, -0.15) is 13.2 Å². The molecule has 6 rings (SSSR count). The number of carbonyl (C=O) groups is 1. The number of carbonyl (C=O) groups excluding carboxylic acids is 1. The number of para-hydroxylation sites is 1. The maximum atomic E-state index is 12.8. The number of fused-ring (bicyclic) bond motifs is 3. The number of benzene rings is 2. The molecule has 4 fully saturated rings. The van der Waals surface area contributed by atoms with E-state index in [1.165, 1.54) is 24.2 Å². The van der Waals surface area contributed by atoms with Gasteiger partial charge in [-0.05, 0) is 67.6 Å². The van der Waals surface area contributed by atoms with Crippen LogP contribution in [0.1, 0.15) is 28.8 Å². The van der Waals surface area contributed by atoms with E-state index in [-0.39, 0.29) is 11.5 Å². The van der Waals surface area contributed by atoms with Gasteiger partial charge in [0.2, 0.25) is 0 Å². The molecule has 4 aliphatic heterocycles. The zero-order chi connectivity index (χ0) is 24.4. The predicted octanol–water partition coefficient (Wildman–Crippen LogP) is 3.97. The third kappa shape index (κ3) is 5.64. The minimum absolute atomic E-state index is 0.265. The van der Waals surface area contributed by atoms with E-state index in [1.807, 2.05) is 0 Å². The van der Waals surface area contributed by atoms with Gasteiger partial charge in [0.05, 0.1) is 5.56 Å². The van der Waals surface area contributed by atoms with Gasteiger partial charge in [-0.1, -0.05) is 18.2 Å². The van der Waals surface area contributed by atoms with Crippen LogP contribution in [0.3, 0.4) is 0 Å². The molecule has 1 amide bonds. The van der Waals surface area contributed by atoms with Crippen molar-refractivity contribution in [2.45, 2.75) is 25.1 Å². The molecular weight excluding hydrogens is 453 g/mol. The number of nitrogens with one attached hydrogen (secondary N) is 1. The smallest absolute Gasteiger partial charge is 0.369 e. The Hall–Kier alpha value is -2.58. The van der Waals surface area contributed by atoms with Gasteiger partial charge < -0.3 is 10.2 Å². The van der Waals surface area contributed by atoms with Crippen LogP contribution >= 0.6 is 0 Å². The van der Waals surface area contributed by atoms with Gasteiger partial charge in [0.15, 0.2) is 0 Å². The van der Waals surface area contributed by atoms with Crippen molar-refractivity contribution in [3.05, 3.63) is 65.7 Å². The largest absolute Gasteiger partial charge is 0.416 e. The molecule has 2 bridgehead atoms. The van der Waals surface area contributed by atoms with Gasteiger partial charge in [0, 0.05) is 63.1 Å². The zero-order valence-electron chi connectivity index (χ0n) is 19.9. The first kappa shape index (κ1) is 24.1. The van der Waals surface area contributed by atoms with E-state index in [0.717, 1.165) is 64.4 Å². The molecule has 0 saturated carbocycles. The summed E-state index contributed by atoms with van der Waals surface area (Å²) in [6, 6.07) is 15.3. The molecular formula is C27H33F3N4O. The number of amides is 1. The molecule has 0 aliphatic carbocycles. The van der Waals surface area contributed by atoms with Crippen molar-refractivity contribution in [1.29, 1.82) is 0 Å². The third-order valence-electron chi connectivity index (χ3n) is 7.97. The first-order valence-electron chi connectivity index (χ1n) is 12.6. The third-order valence-corrected chi connectivity index (χ3v) is 7.97. The number of alkyl halides is 3. The fraction of sp³-hybridized carbons (Fsp3) is 0.519. The van der Waals surface area contributed by atoms with Gasteiger partial charge >= 0.3 is 6.18 Å². The molecule has 4 atom stereocenters. The average Bonchev–Trinajstić information content (AvgIpc) is 2.88. The van der Waals surface area contributed by atoms with Crippen molar-refractivity contribution in [3.63, 3.8) is 0 Å². The van der Waals surface area contributed by atoms with Crippen LogP contribution in [0.25, 0.3) is 0 Å². The summed E-state index contributed by atoms with van der Waals surface area (Å²) in [5, 5.41) is 2.95. The molecule has 0 radical (unpaired) electrons. The molecule has 4 saturated heterocycles. The Morgan fingerprint density at radius 1 is 0.943 bits per heavy atom. The molecule has 8 heteroatoms. The molecule has 0 spiro atoms. The first-order valence-corrected chi connectivity index (χ1v) is 12.6. The number of hydrogen-bond acceptors (Lipinski definition) is 4. The van der Waals surface area contributed by atoms with Gasteiger partial charge in [-0.15, -0.1) is 0 Å². The van der Waals surface area contributed by atoms with Crippen LogP contribution in [0.2, 0.25) is 0 Å². The normalized spacial score (nSPS) is 27.1. The lowest BCUT2D eigenvalue weighted by atomic mass is 9.75.